The quantitative estimate of drug-likeness (QED) is 0.928. The first kappa shape index (κ1) is 15.6. The number of aryl methyl sites for hydroxylation is 1. The smallest absolute Gasteiger partial charge is 0.254 e. The van der Waals surface area contributed by atoms with Crippen molar-refractivity contribution in [3.05, 3.63) is 28.3 Å². The molecule has 2 amide bonds. The van der Waals surface area contributed by atoms with Gasteiger partial charge in [0.1, 0.15) is 5.75 Å². The second kappa shape index (κ2) is 6.35. The van der Waals surface area contributed by atoms with Gasteiger partial charge >= 0.3 is 0 Å². The third-order valence-corrected chi connectivity index (χ3v) is 4.21. The summed E-state index contributed by atoms with van der Waals surface area (Å²) in [5, 5.41) is 0.415. The molecule has 0 unspecified atom stereocenters. The number of nitrogens with zero attached hydrogens (tertiary/aromatic N) is 1. The number of carbonyl (C=O) groups is 2. The first-order valence-corrected chi connectivity index (χ1v) is 7.24. The predicted molar refractivity (Wildman–Crippen MR) is 80.6 cm³/mol. The molecule has 0 radical (unpaired) electrons. The van der Waals surface area contributed by atoms with Crippen molar-refractivity contribution in [1.29, 1.82) is 0 Å². The van der Waals surface area contributed by atoms with Crippen LogP contribution in [0.3, 0.4) is 0 Å². The number of halogens is 1. The number of methoxy groups -OCH3 is 1. The molecule has 2 N–H and O–H groups in total. The summed E-state index contributed by atoms with van der Waals surface area (Å²) in [5.41, 5.74) is 6.69. The number of amides is 2. The van der Waals surface area contributed by atoms with E-state index in [1.165, 1.54) is 7.11 Å². The van der Waals surface area contributed by atoms with E-state index in [2.05, 4.69) is 0 Å². The Morgan fingerprint density at radius 3 is 2.48 bits per heavy atom. The van der Waals surface area contributed by atoms with Crippen LogP contribution >= 0.6 is 11.6 Å². The van der Waals surface area contributed by atoms with E-state index >= 15 is 0 Å². The maximum absolute atomic E-state index is 12.6. The number of nitrogens with two attached hydrogens (primary N) is 1. The van der Waals surface area contributed by atoms with E-state index in [1.807, 2.05) is 6.92 Å². The number of piperidine rings is 1. The molecule has 0 saturated carbocycles. The molecule has 1 aromatic rings. The summed E-state index contributed by atoms with van der Waals surface area (Å²) in [6.45, 7) is 2.92. The minimum Gasteiger partial charge on any atom is -0.495 e. The van der Waals surface area contributed by atoms with Crippen LogP contribution < -0.4 is 10.5 Å². The third kappa shape index (κ3) is 3.29. The molecule has 0 aliphatic carbocycles. The number of primary amides is 1. The maximum Gasteiger partial charge on any atom is 0.254 e. The lowest BCUT2D eigenvalue weighted by atomic mass is 9.95. The van der Waals surface area contributed by atoms with Crippen molar-refractivity contribution in [1.82, 2.24) is 4.90 Å². The normalized spacial score (nSPS) is 15.9. The SMILES string of the molecule is COc1cc(C)c(C(=O)N2CCC(C(N)=O)CC2)cc1Cl. The number of hydrogen-bond donors (Lipinski definition) is 1. The van der Waals surface area contributed by atoms with Crippen molar-refractivity contribution < 1.29 is 14.3 Å². The molecule has 1 aliphatic rings. The number of benzene rings is 1. The van der Waals surface area contributed by atoms with Crippen molar-refractivity contribution in [3.8, 4) is 5.75 Å². The highest BCUT2D eigenvalue weighted by atomic mass is 35.5. The van der Waals surface area contributed by atoms with E-state index < -0.39 is 0 Å². The molecular weight excluding hydrogens is 292 g/mol. The lowest BCUT2D eigenvalue weighted by Crippen LogP contribution is -2.41. The summed E-state index contributed by atoms with van der Waals surface area (Å²) in [6, 6.07) is 3.39. The molecule has 6 heteroatoms. The lowest BCUT2D eigenvalue weighted by Gasteiger charge is -2.31. The maximum atomic E-state index is 12.6. The van der Waals surface area contributed by atoms with Gasteiger partial charge < -0.3 is 15.4 Å². The van der Waals surface area contributed by atoms with Gasteiger partial charge in [-0.15, -0.1) is 0 Å². The highest BCUT2D eigenvalue weighted by Crippen LogP contribution is 2.29. The van der Waals surface area contributed by atoms with E-state index in [9.17, 15) is 9.59 Å². The standard InChI is InChI=1S/C15H19ClN2O3/c1-9-7-13(21-2)12(16)8-11(9)15(20)18-5-3-10(4-6-18)14(17)19/h7-8,10H,3-6H2,1-2H3,(H2,17,19). The van der Waals surface area contributed by atoms with Crippen LogP contribution in [0.2, 0.25) is 5.02 Å². The highest BCUT2D eigenvalue weighted by molar-refractivity contribution is 6.32. The molecule has 1 saturated heterocycles. The summed E-state index contributed by atoms with van der Waals surface area (Å²) in [7, 11) is 1.54. The molecule has 0 aromatic heterocycles. The second-order valence-corrected chi connectivity index (χ2v) is 5.68. The van der Waals surface area contributed by atoms with Crippen LogP contribution in [-0.4, -0.2) is 36.9 Å². The average Bonchev–Trinajstić information content (AvgIpc) is 2.48. The van der Waals surface area contributed by atoms with Crippen molar-refractivity contribution >= 4 is 23.4 Å². The Morgan fingerprint density at radius 1 is 1.33 bits per heavy atom. The van der Waals surface area contributed by atoms with Gasteiger partial charge in [0.05, 0.1) is 12.1 Å². The summed E-state index contributed by atoms with van der Waals surface area (Å²) < 4.78 is 5.14. The zero-order chi connectivity index (χ0) is 15.6. The topological polar surface area (TPSA) is 72.6 Å². The average molecular weight is 311 g/mol. The van der Waals surface area contributed by atoms with E-state index in [-0.39, 0.29) is 17.7 Å². The monoisotopic (exact) mass is 310 g/mol. The molecule has 21 heavy (non-hydrogen) atoms. The van der Waals surface area contributed by atoms with Gasteiger partial charge in [-0.1, -0.05) is 11.6 Å². The molecule has 0 bridgehead atoms. The van der Waals surface area contributed by atoms with Gasteiger partial charge in [-0.25, -0.2) is 0 Å². The predicted octanol–water partition coefficient (Wildman–Crippen LogP) is 1.99. The number of ether oxygens (including phenoxy) is 1. The van der Waals surface area contributed by atoms with Gasteiger partial charge in [-0.2, -0.15) is 0 Å². The summed E-state index contributed by atoms with van der Waals surface area (Å²) in [6.07, 6.45) is 1.23. The molecule has 0 spiro atoms. The van der Waals surface area contributed by atoms with Crippen LogP contribution in [0.5, 0.6) is 5.75 Å². The summed E-state index contributed by atoms with van der Waals surface area (Å²) >= 11 is 6.09. The van der Waals surface area contributed by atoms with Gasteiger partial charge in [0.15, 0.2) is 0 Å². The van der Waals surface area contributed by atoms with Gasteiger partial charge in [0.2, 0.25) is 5.91 Å². The Labute approximate surface area is 129 Å². The highest BCUT2D eigenvalue weighted by Gasteiger charge is 2.27. The van der Waals surface area contributed by atoms with Crippen LogP contribution in [0.15, 0.2) is 12.1 Å². The van der Waals surface area contributed by atoms with Gasteiger partial charge in [-0.3, -0.25) is 9.59 Å². The minimum atomic E-state index is -0.286. The van der Waals surface area contributed by atoms with Gasteiger partial charge in [-0.05, 0) is 37.5 Å². The Hall–Kier alpha value is -1.75. The zero-order valence-electron chi connectivity index (χ0n) is 12.2. The Bertz CT molecular complexity index is 566. The molecule has 1 fully saturated rings. The fraction of sp³-hybridized carbons (Fsp3) is 0.467. The molecule has 2 rings (SSSR count). The van der Waals surface area contributed by atoms with Gasteiger partial charge in [0.25, 0.3) is 5.91 Å². The largest absolute Gasteiger partial charge is 0.495 e. The van der Waals surface area contributed by atoms with Crippen LogP contribution in [-0.2, 0) is 4.79 Å². The lowest BCUT2D eigenvalue weighted by molar-refractivity contribution is -0.123. The molecule has 5 nitrogen and oxygen atoms in total. The number of rotatable bonds is 3. The summed E-state index contributed by atoms with van der Waals surface area (Å²) in [5.74, 6) is 0.0681. The number of carbonyl (C=O) groups excluding carboxylic acids is 2. The molecule has 1 heterocycles. The van der Waals surface area contributed by atoms with Gasteiger partial charge in [0, 0.05) is 24.6 Å². The molecular formula is C15H19ClN2O3. The Balaban J connectivity index is 2.14. The third-order valence-electron chi connectivity index (χ3n) is 3.91. The first-order valence-electron chi connectivity index (χ1n) is 6.86. The van der Waals surface area contributed by atoms with Crippen LogP contribution in [0.1, 0.15) is 28.8 Å². The zero-order valence-corrected chi connectivity index (χ0v) is 12.9. The Kier molecular flexibility index (Phi) is 4.73. The number of likely N-dealkylation sites (tertiary alicyclic amines) is 1. The van der Waals surface area contributed by atoms with E-state index in [4.69, 9.17) is 22.1 Å². The van der Waals surface area contributed by atoms with Crippen LogP contribution in [0.25, 0.3) is 0 Å². The van der Waals surface area contributed by atoms with Crippen molar-refractivity contribution in [3.63, 3.8) is 0 Å². The molecule has 1 aliphatic heterocycles. The van der Waals surface area contributed by atoms with Crippen molar-refractivity contribution in [2.75, 3.05) is 20.2 Å². The molecule has 0 atom stereocenters. The van der Waals surface area contributed by atoms with E-state index in [0.29, 0.717) is 42.3 Å². The van der Waals surface area contributed by atoms with Crippen LogP contribution in [0, 0.1) is 12.8 Å². The number of hydrogen-bond acceptors (Lipinski definition) is 3. The van der Waals surface area contributed by atoms with Crippen LogP contribution in [0.4, 0.5) is 0 Å². The van der Waals surface area contributed by atoms with Crippen molar-refractivity contribution in [2.45, 2.75) is 19.8 Å². The molecule has 1 aromatic carbocycles. The summed E-state index contributed by atoms with van der Waals surface area (Å²) in [4.78, 5) is 25.5. The second-order valence-electron chi connectivity index (χ2n) is 5.27. The van der Waals surface area contributed by atoms with E-state index in [0.717, 1.165) is 5.56 Å². The first-order chi connectivity index (χ1) is 9.93. The minimum absolute atomic E-state index is 0.0695. The fourth-order valence-electron chi connectivity index (χ4n) is 2.58. The molecule has 114 valence electrons. The van der Waals surface area contributed by atoms with E-state index in [1.54, 1.807) is 17.0 Å². The van der Waals surface area contributed by atoms with Crippen molar-refractivity contribution in [2.24, 2.45) is 11.7 Å². The Morgan fingerprint density at radius 2 is 1.95 bits per heavy atom. The fourth-order valence-corrected chi connectivity index (χ4v) is 2.82.